The smallest absolute Gasteiger partial charge is 0.223 e. The highest BCUT2D eigenvalue weighted by molar-refractivity contribution is 5.84. The van der Waals surface area contributed by atoms with Gasteiger partial charge in [-0.25, -0.2) is 0 Å². The second kappa shape index (κ2) is 5.75. The number of hydrogen-bond acceptors (Lipinski definition) is 3. The lowest BCUT2D eigenvalue weighted by Gasteiger charge is -2.26. The van der Waals surface area contributed by atoms with Crippen LogP contribution in [0.3, 0.4) is 0 Å². The van der Waals surface area contributed by atoms with Crippen LogP contribution in [-0.2, 0) is 14.3 Å². The molecule has 0 spiro atoms. The zero-order chi connectivity index (χ0) is 10.4. The van der Waals surface area contributed by atoms with Gasteiger partial charge in [0.2, 0.25) is 5.91 Å². The molecule has 14 heavy (non-hydrogen) atoms. The van der Waals surface area contributed by atoms with Crippen LogP contribution in [0.1, 0.15) is 26.2 Å². The molecule has 4 heteroatoms. The van der Waals surface area contributed by atoms with Crippen LogP contribution < -0.4 is 0 Å². The van der Waals surface area contributed by atoms with Crippen molar-refractivity contribution in [2.24, 2.45) is 0 Å². The van der Waals surface area contributed by atoms with Gasteiger partial charge in [-0.15, -0.1) is 0 Å². The highest BCUT2D eigenvalue weighted by Gasteiger charge is 2.16. The molecule has 0 aliphatic carbocycles. The molecule has 1 aliphatic heterocycles. The first-order valence-corrected chi connectivity index (χ1v) is 5.11. The average Bonchev–Trinajstić information content (AvgIpc) is 2.26. The third-order valence-electron chi connectivity index (χ3n) is 2.38. The molecule has 0 aromatic heterocycles. The summed E-state index contributed by atoms with van der Waals surface area (Å²) >= 11 is 0. The molecule has 0 saturated carbocycles. The quantitative estimate of drug-likeness (QED) is 0.666. The number of Topliss-reactive ketones (excluding diaryl/α,β-unsaturated/α-hetero) is 1. The summed E-state index contributed by atoms with van der Waals surface area (Å²) in [5, 5.41) is 0. The van der Waals surface area contributed by atoms with Crippen LogP contribution >= 0.6 is 0 Å². The second-order valence-corrected chi connectivity index (χ2v) is 3.39. The van der Waals surface area contributed by atoms with Crippen molar-refractivity contribution < 1.29 is 14.3 Å². The van der Waals surface area contributed by atoms with Gasteiger partial charge >= 0.3 is 0 Å². The van der Waals surface area contributed by atoms with Crippen LogP contribution in [-0.4, -0.2) is 42.9 Å². The van der Waals surface area contributed by atoms with Crippen LogP contribution in [0.5, 0.6) is 0 Å². The maximum atomic E-state index is 11.5. The van der Waals surface area contributed by atoms with Crippen molar-refractivity contribution in [1.29, 1.82) is 0 Å². The van der Waals surface area contributed by atoms with Crippen LogP contribution in [0.4, 0.5) is 0 Å². The predicted octanol–water partition coefficient (Wildman–Crippen LogP) is 0.605. The number of ether oxygens (including phenoxy) is 1. The number of nitrogens with zero attached hydrogens (tertiary/aromatic N) is 1. The Labute approximate surface area is 84.2 Å². The molecule has 0 unspecified atom stereocenters. The molecular formula is C10H17NO3. The van der Waals surface area contributed by atoms with Gasteiger partial charge in [0.15, 0.2) is 0 Å². The van der Waals surface area contributed by atoms with Crippen molar-refractivity contribution >= 4 is 11.7 Å². The Morgan fingerprint density at radius 2 is 1.86 bits per heavy atom. The predicted molar refractivity (Wildman–Crippen MR) is 51.9 cm³/mol. The number of carbonyl (C=O) groups is 2. The fourth-order valence-corrected chi connectivity index (χ4v) is 1.39. The molecule has 4 nitrogen and oxygen atoms in total. The Morgan fingerprint density at radius 3 is 2.43 bits per heavy atom. The Kier molecular flexibility index (Phi) is 4.59. The summed E-state index contributed by atoms with van der Waals surface area (Å²) in [6.07, 6.45) is 1.26. The summed E-state index contributed by atoms with van der Waals surface area (Å²) < 4.78 is 5.14. The lowest BCUT2D eigenvalue weighted by Crippen LogP contribution is -2.40. The van der Waals surface area contributed by atoms with E-state index in [9.17, 15) is 9.59 Å². The van der Waals surface area contributed by atoms with E-state index >= 15 is 0 Å². The molecule has 0 bridgehead atoms. The Bertz CT molecular complexity index is 209. The summed E-state index contributed by atoms with van der Waals surface area (Å²) in [6.45, 7) is 4.39. The molecule has 0 atom stereocenters. The van der Waals surface area contributed by atoms with E-state index in [-0.39, 0.29) is 11.7 Å². The van der Waals surface area contributed by atoms with E-state index < -0.39 is 0 Å². The van der Waals surface area contributed by atoms with Gasteiger partial charge in [0.1, 0.15) is 5.78 Å². The number of carbonyl (C=O) groups excluding carboxylic acids is 2. The zero-order valence-corrected chi connectivity index (χ0v) is 8.62. The number of morpholine rings is 1. The molecule has 0 aromatic rings. The maximum Gasteiger partial charge on any atom is 0.223 e. The summed E-state index contributed by atoms with van der Waals surface area (Å²) in [4.78, 5) is 24.3. The van der Waals surface area contributed by atoms with Crippen molar-refractivity contribution in [3.8, 4) is 0 Å². The zero-order valence-electron chi connectivity index (χ0n) is 8.62. The molecule has 1 fully saturated rings. The van der Waals surface area contributed by atoms with Gasteiger partial charge in [0, 0.05) is 32.4 Å². The van der Waals surface area contributed by atoms with Gasteiger partial charge in [-0.05, 0) is 0 Å². The van der Waals surface area contributed by atoms with Crippen molar-refractivity contribution in [3.05, 3.63) is 0 Å². The summed E-state index contributed by atoms with van der Waals surface area (Å²) in [7, 11) is 0. The van der Waals surface area contributed by atoms with Gasteiger partial charge in [-0.2, -0.15) is 0 Å². The van der Waals surface area contributed by atoms with Crippen molar-refractivity contribution in [1.82, 2.24) is 4.90 Å². The maximum absolute atomic E-state index is 11.5. The highest BCUT2D eigenvalue weighted by atomic mass is 16.5. The van der Waals surface area contributed by atoms with Crippen molar-refractivity contribution in [3.63, 3.8) is 0 Å². The van der Waals surface area contributed by atoms with Crippen molar-refractivity contribution in [2.45, 2.75) is 26.2 Å². The van der Waals surface area contributed by atoms with E-state index in [1.165, 1.54) is 0 Å². The van der Waals surface area contributed by atoms with E-state index in [4.69, 9.17) is 4.74 Å². The summed E-state index contributed by atoms with van der Waals surface area (Å²) in [5.74, 6) is 0.238. The first-order chi connectivity index (χ1) is 6.74. The molecular weight excluding hydrogens is 182 g/mol. The van der Waals surface area contributed by atoms with Gasteiger partial charge in [-0.1, -0.05) is 6.92 Å². The lowest BCUT2D eigenvalue weighted by molar-refractivity contribution is -0.136. The Morgan fingerprint density at radius 1 is 1.21 bits per heavy atom. The minimum absolute atomic E-state index is 0.0788. The minimum atomic E-state index is 0.0788. The topological polar surface area (TPSA) is 46.6 Å². The third-order valence-corrected chi connectivity index (χ3v) is 2.38. The van der Waals surface area contributed by atoms with E-state index in [0.717, 1.165) is 0 Å². The first-order valence-electron chi connectivity index (χ1n) is 5.11. The molecule has 1 amide bonds. The Balaban J connectivity index is 2.23. The van der Waals surface area contributed by atoms with Crippen molar-refractivity contribution in [2.75, 3.05) is 26.3 Å². The molecule has 0 radical (unpaired) electrons. The summed E-state index contributed by atoms with van der Waals surface area (Å²) in [6, 6.07) is 0. The molecule has 0 aromatic carbocycles. The van der Waals surface area contributed by atoms with Gasteiger partial charge in [0.05, 0.1) is 13.2 Å². The van der Waals surface area contributed by atoms with Crippen LogP contribution in [0.15, 0.2) is 0 Å². The SMILES string of the molecule is CCC(=O)CCC(=O)N1CCOCC1. The van der Waals surface area contributed by atoms with E-state index in [0.29, 0.717) is 45.6 Å². The van der Waals surface area contributed by atoms with Crippen LogP contribution in [0.2, 0.25) is 0 Å². The molecule has 80 valence electrons. The monoisotopic (exact) mass is 199 g/mol. The fourth-order valence-electron chi connectivity index (χ4n) is 1.39. The van der Waals surface area contributed by atoms with E-state index in [1.807, 2.05) is 6.92 Å². The molecule has 1 aliphatic rings. The number of ketones is 1. The normalized spacial score (nSPS) is 16.8. The van der Waals surface area contributed by atoms with Crippen LogP contribution in [0, 0.1) is 0 Å². The number of hydrogen-bond donors (Lipinski definition) is 0. The van der Waals surface area contributed by atoms with Gasteiger partial charge in [-0.3, -0.25) is 9.59 Å². The fraction of sp³-hybridized carbons (Fsp3) is 0.800. The molecule has 1 heterocycles. The van der Waals surface area contributed by atoms with Gasteiger partial charge < -0.3 is 9.64 Å². The average molecular weight is 199 g/mol. The third kappa shape index (κ3) is 3.46. The van der Waals surface area contributed by atoms with Gasteiger partial charge in [0.25, 0.3) is 0 Å². The minimum Gasteiger partial charge on any atom is -0.378 e. The summed E-state index contributed by atoms with van der Waals surface area (Å²) in [5.41, 5.74) is 0. The largest absolute Gasteiger partial charge is 0.378 e. The second-order valence-electron chi connectivity index (χ2n) is 3.39. The van der Waals surface area contributed by atoms with E-state index in [2.05, 4.69) is 0 Å². The number of amides is 1. The highest BCUT2D eigenvalue weighted by Crippen LogP contribution is 2.03. The van der Waals surface area contributed by atoms with Crippen LogP contribution in [0.25, 0.3) is 0 Å². The van der Waals surface area contributed by atoms with E-state index in [1.54, 1.807) is 4.90 Å². The Hall–Kier alpha value is -0.900. The first kappa shape index (κ1) is 11.2. The molecule has 0 N–H and O–H groups in total. The standard InChI is InChI=1S/C10H17NO3/c1-2-9(12)3-4-10(13)11-5-7-14-8-6-11/h2-8H2,1H3. The molecule has 1 rings (SSSR count). The lowest BCUT2D eigenvalue weighted by atomic mass is 10.1. The molecule has 1 saturated heterocycles. The number of rotatable bonds is 4.